The Hall–Kier alpha value is -1.67. The van der Waals surface area contributed by atoms with Gasteiger partial charge >= 0.3 is 13.3 Å². The van der Waals surface area contributed by atoms with Gasteiger partial charge < -0.3 is 19.4 Å². The Bertz CT molecular complexity index is 370. The maximum absolute atomic E-state index is 11.4. The van der Waals surface area contributed by atoms with E-state index in [1.54, 1.807) is 13.8 Å². The van der Waals surface area contributed by atoms with E-state index in [0.717, 1.165) is 0 Å². The van der Waals surface area contributed by atoms with Gasteiger partial charge in [-0.3, -0.25) is 4.79 Å². The summed E-state index contributed by atoms with van der Waals surface area (Å²) in [6, 6.07) is 0. The lowest BCUT2D eigenvalue weighted by molar-refractivity contribution is -0.144. The molecule has 1 aromatic heterocycles. The topological polar surface area (TPSA) is 102 Å². The van der Waals surface area contributed by atoms with Gasteiger partial charge in [0.05, 0.1) is 19.0 Å². The van der Waals surface area contributed by atoms with Crippen LogP contribution in [-0.2, 0) is 9.53 Å². The van der Waals surface area contributed by atoms with Crippen LogP contribution < -0.4 is 4.65 Å². The summed E-state index contributed by atoms with van der Waals surface area (Å²) in [5.41, 5.74) is 0. The third kappa shape index (κ3) is 4.01. The minimum absolute atomic E-state index is 0.0970. The van der Waals surface area contributed by atoms with Gasteiger partial charge in [-0.05, 0) is 13.8 Å². The van der Waals surface area contributed by atoms with E-state index in [9.17, 15) is 4.79 Å². The molecule has 0 fully saturated rings. The molecular formula is C9H13BN2O5. The normalized spacial score (nSPS) is 11.8. The molecule has 0 bridgehead atoms. The Labute approximate surface area is 98.6 Å². The van der Waals surface area contributed by atoms with E-state index in [2.05, 4.69) is 14.6 Å². The quantitative estimate of drug-likeness (QED) is 0.527. The molecule has 0 aromatic carbocycles. The first kappa shape index (κ1) is 13.4. The van der Waals surface area contributed by atoms with E-state index in [4.69, 9.17) is 14.8 Å². The largest absolute Gasteiger partial charge is 0.707 e. The van der Waals surface area contributed by atoms with Crippen LogP contribution in [0.4, 0.5) is 0 Å². The van der Waals surface area contributed by atoms with Crippen molar-refractivity contribution in [3.63, 3.8) is 0 Å². The molecule has 92 valence electrons. The van der Waals surface area contributed by atoms with Crippen molar-refractivity contribution in [1.82, 2.24) is 9.97 Å². The first-order valence-corrected chi connectivity index (χ1v) is 5.06. The van der Waals surface area contributed by atoms with Crippen molar-refractivity contribution in [2.45, 2.75) is 19.8 Å². The molecule has 8 heteroatoms. The fourth-order valence-electron chi connectivity index (χ4n) is 1.11. The van der Waals surface area contributed by atoms with Crippen LogP contribution in [0.15, 0.2) is 12.4 Å². The number of carbonyl (C=O) groups excluding carboxylic acids is 1. The fourth-order valence-corrected chi connectivity index (χ4v) is 1.11. The lowest BCUT2D eigenvalue weighted by Crippen LogP contribution is -2.21. The Morgan fingerprint density at radius 1 is 1.47 bits per heavy atom. The summed E-state index contributed by atoms with van der Waals surface area (Å²) in [5, 5.41) is 17.1. The minimum atomic E-state index is -1.92. The van der Waals surface area contributed by atoms with Crippen LogP contribution in [0.5, 0.6) is 5.75 Å². The summed E-state index contributed by atoms with van der Waals surface area (Å²) in [6.07, 6.45) is 2.50. The summed E-state index contributed by atoms with van der Waals surface area (Å²) in [7, 11) is -1.92. The SMILES string of the molecule is CCOC(=O)C(C)c1ncc(OB(O)O)cn1. The summed E-state index contributed by atoms with van der Waals surface area (Å²) >= 11 is 0. The van der Waals surface area contributed by atoms with E-state index in [0.29, 0.717) is 6.61 Å². The summed E-state index contributed by atoms with van der Waals surface area (Å²) in [4.78, 5) is 19.1. The van der Waals surface area contributed by atoms with Crippen molar-refractivity contribution < 1.29 is 24.2 Å². The molecule has 1 heterocycles. The van der Waals surface area contributed by atoms with Gasteiger partial charge in [-0.25, -0.2) is 9.97 Å². The zero-order valence-corrected chi connectivity index (χ0v) is 9.53. The number of carbonyl (C=O) groups is 1. The van der Waals surface area contributed by atoms with Crippen LogP contribution in [0.3, 0.4) is 0 Å². The van der Waals surface area contributed by atoms with Crippen molar-refractivity contribution in [3.8, 4) is 5.75 Å². The van der Waals surface area contributed by atoms with Gasteiger partial charge in [-0.1, -0.05) is 0 Å². The molecule has 1 aromatic rings. The minimum Gasteiger partial charge on any atom is -0.509 e. The van der Waals surface area contributed by atoms with Crippen molar-refractivity contribution in [1.29, 1.82) is 0 Å². The molecule has 0 saturated carbocycles. The van der Waals surface area contributed by atoms with Crippen molar-refractivity contribution in [2.24, 2.45) is 0 Å². The van der Waals surface area contributed by atoms with Crippen LogP contribution >= 0.6 is 0 Å². The number of rotatable bonds is 5. The number of hydrogen-bond acceptors (Lipinski definition) is 7. The first-order chi connectivity index (χ1) is 8.04. The number of nitrogens with zero attached hydrogens (tertiary/aromatic N) is 2. The second-order valence-corrected chi connectivity index (χ2v) is 3.19. The first-order valence-electron chi connectivity index (χ1n) is 5.06. The Kier molecular flexibility index (Phi) is 4.86. The van der Waals surface area contributed by atoms with E-state index in [1.807, 2.05) is 0 Å². The van der Waals surface area contributed by atoms with E-state index < -0.39 is 19.2 Å². The van der Waals surface area contributed by atoms with Crippen LogP contribution in [0.25, 0.3) is 0 Å². The number of aromatic nitrogens is 2. The predicted molar refractivity (Wildman–Crippen MR) is 57.9 cm³/mol. The molecule has 1 unspecified atom stereocenters. The second-order valence-electron chi connectivity index (χ2n) is 3.19. The highest BCUT2D eigenvalue weighted by atomic mass is 16.6. The third-order valence-corrected chi connectivity index (χ3v) is 1.92. The maximum Gasteiger partial charge on any atom is 0.707 e. The maximum atomic E-state index is 11.4. The fraction of sp³-hybridized carbons (Fsp3) is 0.444. The molecule has 1 atom stereocenters. The van der Waals surface area contributed by atoms with Gasteiger partial charge in [0.1, 0.15) is 17.5 Å². The van der Waals surface area contributed by atoms with Crippen LogP contribution in [0, 0.1) is 0 Å². The summed E-state index contributed by atoms with van der Waals surface area (Å²) in [6.45, 7) is 3.63. The average molecular weight is 240 g/mol. The smallest absolute Gasteiger partial charge is 0.509 e. The van der Waals surface area contributed by atoms with Crippen LogP contribution in [-0.4, -0.2) is 39.9 Å². The molecule has 0 aliphatic carbocycles. The number of esters is 1. The standard InChI is InChI=1S/C9H13BN2O5/c1-3-16-9(13)6(2)8-11-4-7(5-12-8)17-10(14)15/h4-6,14-15H,3H2,1-2H3. The lowest BCUT2D eigenvalue weighted by Gasteiger charge is -2.09. The van der Waals surface area contributed by atoms with Gasteiger partial charge in [0.15, 0.2) is 0 Å². The molecule has 0 saturated heterocycles. The Morgan fingerprint density at radius 3 is 2.53 bits per heavy atom. The Morgan fingerprint density at radius 2 is 2.06 bits per heavy atom. The van der Waals surface area contributed by atoms with Crippen LogP contribution in [0.2, 0.25) is 0 Å². The molecule has 1 rings (SSSR count). The zero-order chi connectivity index (χ0) is 12.8. The third-order valence-electron chi connectivity index (χ3n) is 1.92. The van der Waals surface area contributed by atoms with E-state index in [-0.39, 0.29) is 11.6 Å². The van der Waals surface area contributed by atoms with Gasteiger partial charge in [-0.2, -0.15) is 0 Å². The molecular weight excluding hydrogens is 227 g/mol. The molecule has 0 aliphatic heterocycles. The van der Waals surface area contributed by atoms with Gasteiger partial charge in [0.2, 0.25) is 0 Å². The molecule has 7 nitrogen and oxygen atoms in total. The van der Waals surface area contributed by atoms with Crippen molar-refractivity contribution >= 4 is 13.3 Å². The average Bonchev–Trinajstić information content (AvgIpc) is 2.28. The molecule has 17 heavy (non-hydrogen) atoms. The second kappa shape index (κ2) is 6.16. The highest BCUT2D eigenvalue weighted by Crippen LogP contribution is 2.14. The number of hydrogen-bond donors (Lipinski definition) is 2. The van der Waals surface area contributed by atoms with Crippen molar-refractivity contribution in [3.05, 3.63) is 18.2 Å². The summed E-state index contributed by atoms with van der Waals surface area (Å²) in [5.74, 6) is -0.616. The van der Waals surface area contributed by atoms with Gasteiger partial charge in [0, 0.05) is 0 Å². The molecule has 0 radical (unpaired) electrons. The molecule has 0 spiro atoms. The highest BCUT2D eigenvalue weighted by Gasteiger charge is 2.19. The highest BCUT2D eigenvalue weighted by molar-refractivity contribution is 6.33. The van der Waals surface area contributed by atoms with E-state index in [1.165, 1.54) is 12.4 Å². The molecule has 0 aliphatic rings. The predicted octanol–water partition coefficient (Wildman–Crippen LogP) is -0.509. The lowest BCUT2D eigenvalue weighted by atomic mass is 10.1. The van der Waals surface area contributed by atoms with Crippen molar-refractivity contribution in [2.75, 3.05) is 6.61 Å². The van der Waals surface area contributed by atoms with Gasteiger partial charge in [0.25, 0.3) is 0 Å². The molecule has 0 amide bonds. The monoisotopic (exact) mass is 240 g/mol. The van der Waals surface area contributed by atoms with E-state index >= 15 is 0 Å². The Balaban J connectivity index is 2.70. The zero-order valence-electron chi connectivity index (χ0n) is 9.53. The van der Waals surface area contributed by atoms with Crippen LogP contribution in [0.1, 0.15) is 25.6 Å². The summed E-state index contributed by atoms with van der Waals surface area (Å²) < 4.78 is 9.35. The molecule has 2 N–H and O–H groups in total. The van der Waals surface area contributed by atoms with Gasteiger partial charge in [-0.15, -0.1) is 0 Å². The number of ether oxygens (including phenoxy) is 1.